The maximum Gasteiger partial charge on any atom is 0.260 e. The standard InChI is InChI=1S/C20H23N5O2/c1-11-10-14(17(21)16-12(2)13(3)22-18(11)16)23-19-15-6-4-5-7-25(15)24-20(19)27-9-8-26/h4-7,10,16,18,21-22,26H,8-9H2,1-3H3. The molecule has 0 bridgehead atoms. The molecule has 0 amide bonds. The second-order valence-electron chi connectivity index (χ2n) is 6.96. The van der Waals surface area contributed by atoms with E-state index in [4.69, 9.17) is 20.2 Å². The Morgan fingerprint density at radius 3 is 2.93 bits per heavy atom. The summed E-state index contributed by atoms with van der Waals surface area (Å²) in [4.78, 5) is 4.79. The Labute approximate surface area is 157 Å². The summed E-state index contributed by atoms with van der Waals surface area (Å²) in [5, 5.41) is 25.7. The molecule has 0 fully saturated rings. The third kappa shape index (κ3) is 2.84. The predicted molar refractivity (Wildman–Crippen MR) is 105 cm³/mol. The normalized spacial score (nSPS) is 23.6. The van der Waals surface area contributed by atoms with Gasteiger partial charge in [-0.15, -0.1) is 5.10 Å². The van der Waals surface area contributed by atoms with Gasteiger partial charge in [0.2, 0.25) is 0 Å². The van der Waals surface area contributed by atoms with Crippen molar-refractivity contribution in [1.29, 1.82) is 5.41 Å². The topological polar surface area (TPSA) is 95.0 Å². The molecule has 2 atom stereocenters. The lowest BCUT2D eigenvalue weighted by atomic mass is 9.80. The van der Waals surface area contributed by atoms with E-state index in [1.54, 1.807) is 4.52 Å². The molecule has 140 valence electrons. The lowest BCUT2D eigenvalue weighted by molar-refractivity contribution is 0.197. The fraction of sp³-hybridized carbons (Fsp3) is 0.350. The first-order chi connectivity index (χ1) is 13.0. The summed E-state index contributed by atoms with van der Waals surface area (Å²) < 4.78 is 7.30. The van der Waals surface area contributed by atoms with E-state index in [1.807, 2.05) is 30.5 Å². The Bertz CT molecular complexity index is 1010. The maximum atomic E-state index is 9.10. The number of pyridine rings is 1. The minimum absolute atomic E-state index is 0.00241. The summed E-state index contributed by atoms with van der Waals surface area (Å²) in [5.74, 6) is 0.356. The van der Waals surface area contributed by atoms with Crippen molar-refractivity contribution in [1.82, 2.24) is 14.9 Å². The van der Waals surface area contributed by atoms with Crippen molar-refractivity contribution in [3.05, 3.63) is 47.3 Å². The smallest absolute Gasteiger partial charge is 0.260 e. The molecular weight excluding hydrogens is 342 g/mol. The van der Waals surface area contributed by atoms with Crippen molar-refractivity contribution in [3.63, 3.8) is 0 Å². The summed E-state index contributed by atoms with van der Waals surface area (Å²) in [6.07, 6.45) is 3.79. The Morgan fingerprint density at radius 1 is 1.33 bits per heavy atom. The summed E-state index contributed by atoms with van der Waals surface area (Å²) in [6.45, 7) is 6.24. The molecule has 1 aliphatic carbocycles. The molecule has 0 radical (unpaired) electrons. The van der Waals surface area contributed by atoms with Crippen LogP contribution in [0.2, 0.25) is 0 Å². The minimum atomic E-state index is -0.0998. The Morgan fingerprint density at radius 2 is 2.15 bits per heavy atom. The average Bonchev–Trinajstić information content (AvgIpc) is 3.16. The summed E-state index contributed by atoms with van der Waals surface area (Å²) in [5.41, 5.74) is 5.96. The second-order valence-corrected chi connectivity index (χ2v) is 6.96. The van der Waals surface area contributed by atoms with Crippen molar-refractivity contribution in [2.24, 2.45) is 10.9 Å². The average molecular weight is 365 g/mol. The van der Waals surface area contributed by atoms with Gasteiger partial charge in [0.1, 0.15) is 6.61 Å². The lowest BCUT2D eigenvalue weighted by Crippen LogP contribution is -2.40. The Hall–Kier alpha value is -2.93. The van der Waals surface area contributed by atoms with Gasteiger partial charge in [-0.05, 0) is 50.1 Å². The first-order valence-corrected chi connectivity index (χ1v) is 9.02. The van der Waals surface area contributed by atoms with E-state index >= 15 is 0 Å². The number of aliphatic hydroxyl groups is 1. The van der Waals surface area contributed by atoms with E-state index in [9.17, 15) is 0 Å². The van der Waals surface area contributed by atoms with Crippen molar-refractivity contribution in [3.8, 4) is 5.88 Å². The number of nitrogens with one attached hydrogen (secondary N) is 2. The van der Waals surface area contributed by atoms with Crippen LogP contribution in [0.4, 0.5) is 5.69 Å². The highest BCUT2D eigenvalue weighted by Gasteiger charge is 2.39. The first-order valence-electron chi connectivity index (χ1n) is 9.02. The zero-order chi connectivity index (χ0) is 19.1. The number of aromatic nitrogens is 2. The van der Waals surface area contributed by atoms with Crippen LogP contribution in [0.3, 0.4) is 0 Å². The molecule has 7 heteroatoms. The second kappa shape index (κ2) is 6.66. The molecule has 0 saturated heterocycles. The summed E-state index contributed by atoms with van der Waals surface area (Å²) in [7, 11) is 0. The number of aliphatic imine (C=N–C) groups is 1. The number of rotatable bonds is 4. The minimum Gasteiger partial charge on any atom is -0.473 e. The Kier molecular flexibility index (Phi) is 4.31. The molecule has 3 N–H and O–H groups in total. The number of allylic oxidation sites excluding steroid dienone is 2. The molecule has 2 aromatic rings. The van der Waals surface area contributed by atoms with Crippen LogP contribution >= 0.6 is 0 Å². The molecule has 0 spiro atoms. The molecule has 2 aliphatic rings. The third-order valence-electron chi connectivity index (χ3n) is 5.25. The van der Waals surface area contributed by atoms with Gasteiger partial charge in [0.15, 0.2) is 5.69 Å². The number of nitrogens with zero attached hydrogens (tertiary/aromatic N) is 3. The van der Waals surface area contributed by atoms with Crippen LogP contribution in [0, 0.1) is 11.3 Å². The molecule has 1 aliphatic heterocycles. The van der Waals surface area contributed by atoms with E-state index in [0.29, 0.717) is 23.0 Å². The van der Waals surface area contributed by atoms with Gasteiger partial charge in [-0.1, -0.05) is 6.07 Å². The summed E-state index contributed by atoms with van der Waals surface area (Å²) >= 11 is 0. The van der Waals surface area contributed by atoms with Gasteiger partial charge in [-0.3, -0.25) is 0 Å². The van der Waals surface area contributed by atoms with Crippen LogP contribution < -0.4 is 10.1 Å². The quantitative estimate of drug-likeness (QED) is 0.776. The molecule has 3 heterocycles. The van der Waals surface area contributed by atoms with Gasteiger partial charge >= 0.3 is 0 Å². The first kappa shape index (κ1) is 17.5. The van der Waals surface area contributed by atoms with E-state index in [-0.39, 0.29) is 25.2 Å². The number of fused-ring (bicyclic) bond motifs is 2. The van der Waals surface area contributed by atoms with Gasteiger partial charge in [0, 0.05) is 17.8 Å². The fourth-order valence-corrected chi connectivity index (χ4v) is 3.74. The van der Waals surface area contributed by atoms with Crippen LogP contribution in [0.5, 0.6) is 5.88 Å². The van der Waals surface area contributed by atoms with Gasteiger partial charge in [0.25, 0.3) is 5.88 Å². The zero-order valence-electron chi connectivity index (χ0n) is 15.7. The number of aliphatic hydroxyl groups excluding tert-OH is 1. The molecule has 2 unspecified atom stereocenters. The van der Waals surface area contributed by atoms with Crippen LogP contribution in [0.25, 0.3) is 5.52 Å². The van der Waals surface area contributed by atoms with Crippen molar-refractivity contribution in [2.75, 3.05) is 13.2 Å². The number of hydrogen-bond donors (Lipinski definition) is 3. The van der Waals surface area contributed by atoms with Crippen LogP contribution in [-0.4, -0.2) is 45.4 Å². The van der Waals surface area contributed by atoms with E-state index in [1.165, 1.54) is 5.57 Å². The van der Waals surface area contributed by atoms with Gasteiger partial charge in [0.05, 0.1) is 29.6 Å². The third-order valence-corrected chi connectivity index (χ3v) is 5.25. The summed E-state index contributed by atoms with van der Waals surface area (Å²) in [6, 6.07) is 5.84. The van der Waals surface area contributed by atoms with Gasteiger partial charge < -0.3 is 20.6 Å². The van der Waals surface area contributed by atoms with Gasteiger partial charge in [-0.25, -0.2) is 9.51 Å². The highest BCUT2D eigenvalue weighted by atomic mass is 16.5. The number of hydrogen-bond acceptors (Lipinski definition) is 6. The molecule has 2 aromatic heterocycles. The van der Waals surface area contributed by atoms with Crippen LogP contribution in [0.1, 0.15) is 20.8 Å². The Balaban J connectivity index is 1.83. The van der Waals surface area contributed by atoms with E-state index < -0.39 is 0 Å². The van der Waals surface area contributed by atoms with Crippen molar-refractivity contribution < 1.29 is 9.84 Å². The van der Waals surface area contributed by atoms with E-state index in [2.05, 4.69) is 31.2 Å². The monoisotopic (exact) mass is 365 g/mol. The zero-order valence-corrected chi connectivity index (χ0v) is 15.7. The van der Waals surface area contributed by atoms with E-state index in [0.717, 1.165) is 16.8 Å². The molecular formula is C20H23N5O2. The molecule has 4 rings (SSSR count). The maximum absolute atomic E-state index is 9.10. The molecule has 27 heavy (non-hydrogen) atoms. The fourth-order valence-electron chi connectivity index (χ4n) is 3.74. The molecule has 0 aromatic carbocycles. The molecule has 0 saturated carbocycles. The highest BCUT2D eigenvalue weighted by Crippen LogP contribution is 2.37. The molecule has 7 nitrogen and oxygen atoms in total. The number of ether oxygens (including phenoxy) is 1. The van der Waals surface area contributed by atoms with Crippen molar-refractivity contribution >= 4 is 22.6 Å². The van der Waals surface area contributed by atoms with Crippen LogP contribution in [-0.2, 0) is 0 Å². The predicted octanol–water partition coefficient (Wildman–Crippen LogP) is 2.64. The van der Waals surface area contributed by atoms with Crippen molar-refractivity contribution in [2.45, 2.75) is 26.8 Å². The largest absolute Gasteiger partial charge is 0.473 e. The van der Waals surface area contributed by atoms with Crippen LogP contribution in [0.15, 0.2) is 52.3 Å². The SMILES string of the molecule is CC1=CC(=Nc2c(OCCO)nn3ccccc23)C(=N)C2C(C)=C(C)NC12. The lowest BCUT2D eigenvalue weighted by Gasteiger charge is -2.28. The highest BCUT2D eigenvalue weighted by molar-refractivity contribution is 6.48. The van der Waals surface area contributed by atoms with Gasteiger partial charge in [-0.2, -0.15) is 0 Å².